The molecule has 42 heavy (non-hydrogen) atoms. The van der Waals surface area contributed by atoms with E-state index in [-0.39, 0.29) is 54.1 Å². The number of nitrogens with zero attached hydrogens (tertiary/aromatic N) is 1. The van der Waals surface area contributed by atoms with Gasteiger partial charge in [-0.3, -0.25) is 0 Å². The fourth-order valence-electron chi connectivity index (χ4n) is 7.25. The molecule has 7 nitrogen and oxygen atoms in total. The molecule has 1 aromatic heterocycles. The predicted octanol–water partition coefficient (Wildman–Crippen LogP) is 5.99. The molecule has 232 valence electrons. The molecule has 5 atom stereocenters. The van der Waals surface area contributed by atoms with E-state index in [0.29, 0.717) is 0 Å². The van der Waals surface area contributed by atoms with E-state index < -0.39 is 44.3 Å². The monoisotopic (exact) mass is 700 g/mol. The topological polar surface area (TPSA) is 82.6 Å². The van der Waals surface area contributed by atoms with Crippen LogP contribution in [0.3, 0.4) is 0 Å². The van der Waals surface area contributed by atoms with Crippen molar-refractivity contribution in [2.45, 2.75) is 124 Å². The summed E-state index contributed by atoms with van der Waals surface area (Å²) in [6.45, 7) is 17.9. The summed E-state index contributed by atoms with van der Waals surface area (Å²) in [6.07, 6.45) is 3.54. The van der Waals surface area contributed by atoms with Crippen LogP contribution in [-0.2, 0) is 13.0 Å². The summed E-state index contributed by atoms with van der Waals surface area (Å²) < 4.78 is 39.7. The Kier molecular flexibility index (Phi) is 9.32. The normalized spacial score (nSPS) is 30.5. The van der Waals surface area contributed by atoms with Gasteiger partial charge in [-0.25, -0.2) is 0 Å². The van der Waals surface area contributed by atoms with Gasteiger partial charge >= 0.3 is 262 Å². The van der Waals surface area contributed by atoms with Crippen LogP contribution in [0.2, 0.25) is 27.0 Å². The summed E-state index contributed by atoms with van der Waals surface area (Å²) in [5, 5.41) is -0.420. The summed E-state index contributed by atoms with van der Waals surface area (Å²) in [7, 11) is -5.74. The van der Waals surface area contributed by atoms with E-state index in [1.54, 1.807) is 11.8 Å². The molecule has 2 aliphatic heterocycles. The quantitative estimate of drug-likeness (QED) is 0.358. The number of aromatic nitrogens is 2. The molecular formula is C30H45FN2O5SSeSi2. The second-order valence-corrected chi connectivity index (χ2v) is 26.1. The Balaban J connectivity index is 1.75. The average Bonchev–Trinajstić information content (AvgIpc) is 3.44. The van der Waals surface area contributed by atoms with Gasteiger partial charge in [0.15, 0.2) is 0 Å². The molecule has 3 fully saturated rings. The molecule has 3 heterocycles. The number of H-pyrrole nitrogens is 1. The molecule has 5 rings (SSSR count). The van der Waals surface area contributed by atoms with Crippen LogP contribution in [0.25, 0.3) is 0 Å². The first-order valence-electron chi connectivity index (χ1n) is 15.2. The zero-order valence-electron chi connectivity index (χ0n) is 25.9. The third-order valence-corrected chi connectivity index (χ3v) is 24.7. The van der Waals surface area contributed by atoms with Gasteiger partial charge in [-0.15, -0.1) is 0 Å². The van der Waals surface area contributed by atoms with Crippen molar-refractivity contribution < 1.29 is 17.4 Å². The van der Waals surface area contributed by atoms with E-state index in [9.17, 15) is 14.0 Å². The predicted molar refractivity (Wildman–Crippen MR) is 173 cm³/mol. The maximum atomic E-state index is 14.8. The first kappa shape index (κ1) is 32.4. The number of halogens is 1. The van der Waals surface area contributed by atoms with Crippen LogP contribution in [0.1, 0.15) is 80.0 Å². The zero-order chi connectivity index (χ0) is 30.6. The van der Waals surface area contributed by atoms with Crippen LogP contribution in [-0.4, -0.2) is 58.6 Å². The molecule has 2 saturated heterocycles. The molecule has 0 bridgehead atoms. The summed E-state index contributed by atoms with van der Waals surface area (Å²) in [5.41, 5.74) is -0.792. The summed E-state index contributed by atoms with van der Waals surface area (Å²) in [6, 6.07) is 10.3. The zero-order valence-corrected chi connectivity index (χ0v) is 30.4. The molecule has 3 aliphatic rings. The van der Waals surface area contributed by atoms with Crippen molar-refractivity contribution in [1.29, 1.82) is 0 Å². The molecular weight excluding hydrogens is 655 g/mol. The van der Waals surface area contributed by atoms with Gasteiger partial charge in [-0.05, 0) is 0 Å². The van der Waals surface area contributed by atoms with Crippen molar-refractivity contribution in [3.05, 3.63) is 63.2 Å². The number of aromatic amines is 1. The fourth-order valence-corrected chi connectivity index (χ4v) is 24.5. The number of nitrogens with one attached hydrogen (secondary N) is 1. The van der Waals surface area contributed by atoms with Crippen molar-refractivity contribution in [3.63, 3.8) is 0 Å². The molecule has 1 N–H and O–H groups in total. The Morgan fingerprint density at radius 3 is 2.17 bits per heavy atom. The Morgan fingerprint density at radius 2 is 1.57 bits per heavy atom. The Labute approximate surface area is 261 Å². The minimum absolute atomic E-state index is 0.0994. The Morgan fingerprint density at radius 1 is 0.976 bits per heavy atom. The van der Waals surface area contributed by atoms with Gasteiger partial charge < -0.3 is 0 Å². The van der Waals surface area contributed by atoms with Gasteiger partial charge in [0.2, 0.25) is 0 Å². The molecule has 2 aromatic rings. The average molecular weight is 700 g/mol. The van der Waals surface area contributed by atoms with Crippen LogP contribution in [0.4, 0.5) is 4.39 Å². The third kappa shape index (κ3) is 5.31. The second-order valence-electron chi connectivity index (χ2n) is 13.2. The van der Waals surface area contributed by atoms with E-state index in [1.807, 2.05) is 18.2 Å². The van der Waals surface area contributed by atoms with Gasteiger partial charge in [0.25, 0.3) is 0 Å². The molecule has 1 saturated carbocycles. The maximum absolute atomic E-state index is 14.8. The van der Waals surface area contributed by atoms with E-state index >= 15 is 0 Å². The summed E-state index contributed by atoms with van der Waals surface area (Å²) in [4.78, 5) is 27.4. The van der Waals surface area contributed by atoms with Crippen LogP contribution in [0.5, 0.6) is 0 Å². The van der Waals surface area contributed by atoms with E-state index in [0.717, 1.165) is 25.5 Å². The van der Waals surface area contributed by atoms with E-state index in [4.69, 9.17) is 13.0 Å². The molecule has 0 unspecified atom stereocenters. The van der Waals surface area contributed by atoms with Gasteiger partial charge in [-0.2, -0.15) is 0 Å². The minimum atomic E-state index is -2.94. The van der Waals surface area contributed by atoms with Crippen molar-refractivity contribution in [2.75, 3.05) is 0 Å². The number of hydrogen-bond donors (Lipinski definition) is 1. The number of hydrogen-bond acceptors (Lipinski definition) is 6. The Hall–Kier alpha value is -0.987. The third-order valence-electron chi connectivity index (χ3n) is 9.37. The first-order valence-corrected chi connectivity index (χ1v) is 21.9. The Bertz CT molecular complexity index is 1370. The van der Waals surface area contributed by atoms with Gasteiger partial charge in [-0.1, -0.05) is 0 Å². The van der Waals surface area contributed by atoms with Crippen molar-refractivity contribution >= 4 is 48.3 Å². The van der Waals surface area contributed by atoms with E-state index in [1.165, 1.54) is 9.03 Å². The first-order chi connectivity index (χ1) is 19.8. The van der Waals surface area contributed by atoms with Crippen LogP contribution in [0, 0.1) is 5.82 Å². The number of rotatable bonds is 7. The standard InChI is InChI=1S/C30H45FN2O5SSeSi2/c1-18(2)41(19(3)4)36-24-15-12-16-30(24)26(37-42(38-41,20(5)6)21(7)8)25(40-22-13-10-9-11-14-22)28(39-30)33-17-23(31)27(34)32-29(33)35/h9-11,13-14,17-21,24-26,28H,12,15-16H2,1-8H3,(H,32,34,35)/t24-,25+,26-,28+,30-/m0/s1. The molecule has 12 heteroatoms. The van der Waals surface area contributed by atoms with Crippen LogP contribution < -0.4 is 15.7 Å². The van der Waals surface area contributed by atoms with Crippen molar-refractivity contribution in [3.8, 4) is 0 Å². The van der Waals surface area contributed by atoms with Crippen molar-refractivity contribution in [2.24, 2.45) is 0 Å². The molecule has 1 spiro atoms. The second kappa shape index (κ2) is 12.1. The molecule has 0 radical (unpaired) electrons. The van der Waals surface area contributed by atoms with Crippen LogP contribution in [0.15, 0.2) is 46.1 Å². The summed E-state index contributed by atoms with van der Waals surface area (Å²) in [5.74, 6) is -0.953. The summed E-state index contributed by atoms with van der Waals surface area (Å²) >= 11 is 1.60. The number of benzene rings is 1. The molecule has 1 aliphatic carbocycles. The van der Waals surface area contributed by atoms with Gasteiger partial charge in [0.1, 0.15) is 0 Å². The SMILES string of the molecule is CC(C)[Si]1(C(C)C)O[C@H]2CCC[C@]23S[C@@H](n2cc(F)c(=O)[nH]c2=O)[C@H]([Se]c2ccccc2)[C@@H]3O[Si](C(C)C)(C(C)C)O1. The van der Waals surface area contributed by atoms with Gasteiger partial charge in [0, 0.05) is 0 Å². The number of thioether (sulfide) groups is 1. The van der Waals surface area contributed by atoms with Crippen LogP contribution >= 0.6 is 11.8 Å². The fraction of sp³-hybridized carbons (Fsp3) is 0.667. The molecule has 1 aromatic carbocycles. The van der Waals surface area contributed by atoms with Crippen molar-refractivity contribution in [1.82, 2.24) is 9.55 Å². The molecule has 0 amide bonds. The van der Waals surface area contributed by atoms with Gasteiger partial charge in [0.05, 0.1) is 0 Å². The van der Waals surface area contributed by atoms with E-state index in [2.05, 4.69) is 72.5 Å².